The Morgan fingerprint density at radius 2 is 1.75 bits per heavy atom. The standard InChI is InChI=1S/C14H14F3NOS/c1-9-3-8-13(20-9)10(2)18-11-4-6-12(7-5-11)19-14(15,16)17/h3-8,10,18H,1-2H3. The molecule has 0 radical (unpaired) electrons. The van der Waals surface area contributed by atoms with Crippen LogP contribution in [0.5, 0.6) is 5.75 Å². The van der Waals surface area contributed by atoms with E-state index in [0.29, 0.717) is 0 Å². The monoisotopic (exact) mass is 301 g/mol. The highest BCUT2D eigenvalue weighted by Gasteiger charge is 2.30. The first-order chi connectivity index (χ1) is 9.33. The topological polar surface area (TPSA) is 21.3 Å². The molecule has 1 atom stereocenters. The van der Waals surface area contributed by atoms with Gasteiger partial charge >= 0.3 is 6.36 Å². The van der Waals surface area contributed by atoms with Crippen LogP contribution in [0.4, 0.5) is 18.9 Å². The SMILES string of the molecule is Cc1ccc(C(C)Nc2ccc(OC(F)(F)F)cc2)s1. The summed E-state index contributed by atoms with van der Waals surface area (Å²) in [5, 5.41) is 3.24. The maximum Gasteiger partial charge on any atom is 0.573 e. The molecule has 6 heteroatoms. The molecule has 0 saturated heterocycles. The van der Waals surface area contributed by atoms with E-state index in [1.807, 2.05) is 26.0 Å². The zero-order valence-corrected chi connectivity index (χ0v) is 11.8. The summed E-state index contributed by atoms with van der Waals surface area (Å²) in [5.41, 5.74) is 0.748. The Morgan fingerprint density at radius 1 is 1.10 bits per heavy atom. The van der Waals surface area contributed by atoms with Gasteiger partial charge < -0.3 is 10.1 Å². The van der Waals surface area contributed by atoms with E-state index in [4.69, 9.17) is 0 Å². The number of nitrogens with one attached hydrogen (secondary N) is 1. The molecule has 108 valence electrons. The largest absolute Gasteiger partial charge is 0.573 e. The van der Waals surface area contributed by atoms with Crippen LogP contribution >= 0.6 is 11.3 Å². The zero-order valence-electron chi connectivity index (χ0n) is 11.0. The number of benzene rings is 1. The first kappa shape index (κ1) is 14.7. The second kappa shape index (κ2) is 5.75. The first-order valence-electron chi connectivity index (χ1n) is 6.02. The summed E-state index contributed by atoms with van der Waals surface area (Å²) >= 11 is 1.69. The number of hydrogen-bond acceptors (Lipinski definition) is 3. The number of aryl methyl sites for hydroxylation is 1. The molecule has 1 N–H and O–H groups in total. The van der Waals surface area contributed by atoms with Crippen molar-refractivity contribution in [2.75, 3.05) is 5.32 Å². The van der Waals surface area contributed by atoms with Gasteiger partial charge in [-0.25, -0.2) is 0 Å². The summed E-state index contributed by atoms with van der Waals surface area (Å²) in [4.78, 5) is 2.40. The molecule has 2 nitrogen and oxygen atoms in total. The minimum atomic E-state index is -4.66. The van der Waals surface area contributed by atoms with Gasteiger partial charge in [0.05, 0.1) is 6.04 Å². The minimum absolute atomic E-state index is 0.100. The summed E-state index contributed by atoms with van der Waals surface area (Å²) in [6.07, 6.45) is -4.66. The number of alkyl halides is 3. The Labute approximate surface area is 119 Å². The molecule has 1 unspecified atom stereocenters. The Bertz CT molecular complexity index is 563. The van der Waals surface area contributed by atoms with E-state index in [1.165, 1.54) is 21.9 Å². The third kappa shape index (κ3) is 4.16. The summed E-state index contributed by atoms with van der Waals surface area (Å²) in [6.45, 7) is 4.04. The van der Waals surface area contributed by atoms with E-state index in [1.54, 1.807) is 23.5 Å². The third-order valence-corrected chi connectivity index (χ3v) is 3.84. The fourth-order valence-corrected chi connectivity index (χ4v) is 2.64. The van der Waals surface area contributed by atoms with E-state index >= 15 is 0 Å². The molecule has 1 aromatic heterocycles. The highest BCUT2D eigenvalue weighted by molar-refractivity contribution is 7.12. The molecule has 2 aromatic rings. The van der Waals surface area contributed by atoms with Gasteiger partial charge in [-0.2, -0.15) is 0 Å². The van der Waals surface area contributed by atoms with Crippen LogP contribution in [0.15, 0.2) is 36.4 Å². The van der Waals surface area contributed by atoms with Gasteiger partial charge in [0.1, 0.15) is 5.75 Å². The molecular formula is C14H14F3NOS. The molecule has 0 aliphatic carbocycles. The van der Waals surface area contributed by atoms with Gasteiger partial charge in [-0.3, -0.25) is 0 Å². The van der Waals surface area contributed by atoms with Crippen molar-refractivity contribution in [2.45, 2.75) is 26.3 Å². The Hall–Kier alpha value is -1.69. The van der Waals surface area contributed by atoms with Crippen LogP contribution in [-0.4, -0.2) is 6.36 Å². The lowest BCUT2D eigenvalue weighted by molar-refractivity contribution is -0.274. The Morgan fingerprint density at radius 3 is 2.25 bits per heavy atom. The number of thiophene rings is 1. The molecule has 0 spiro atoms. The van der Waals surface area contributed by atoms with Gasteiger partial charge in [-0.15, -0.1) is 24.5 Å². The van der Waals surface area contributed by atoms with Crippen molar-refractivity contribution < 1.29 is 17.9 Å². The third-order valence-electron chi connectivity index (χ3n) is 2.66. The average molecular weight is 301 g/mol. The first-order valence-corrected chi connectivity index (χ1v) is 6.84. The van der Waals surface area contributed by atoms with E-state index < -0.39 is 6.36 Å². The quantitative estimate of drug-likeness (QED) is 0.845. The van der Waals surface area contributed by atoms with Crippen LogP contribution in [0, 0.1) is 6.92 Å². The fraction of sp³-hybridized carbons (Fsp3) is 0.286. The lowest BCUT2D eigenvalue weighted by Gasteiger charge is -2.14. The number of halogens is 3. The van der Waals surface area contributed by atoms with E-state index in [0.717, 1.165) is 5.69 Å². The van der Waals surface area contributed by atoms with Crippen LogP contribution in [0.1, 0.15) is 22.7 Å². The van der Waals surface area contributed by atoms with Crippen molar-refractivity contribution in [2.24, 2.45) is 0 Å². The maximum atomic E-state index is 12.0. The summed E-state index contributed by atoms with van der Waals surface area (Å²) in [7, 11) is 0. The summed E-state index contributed by atoms with van der Waals surface area (Å²) in [6, 6.07) is 9.90. The van der Waals surface area contributed by atoms with E-state index in [9.17, 15) is 13.2 Å². The number of hydrogen-bond donors (Lipinski definition) is 1. The molecule has 0 aliphatic heterocycles. The Balaban J connectivity index is 2.00. The average Bonchev–Trinajstić information content (AvgIpc) is 2.77. The zero-order chi connectivity index (χ0) is 14.8. The molecule has 0 fully saturated rings. The lowest BCUT2D eigenvalue weighted by Crippen LogP contribution is -2.17. The maximum absolute atomic E-state index is 12.0. The van der Waals surface area contributed by atoms with Crippen molar-refractivity contribution in [1.29, 1.82) is 0 Å². The van der Waals surface area contributed by atoms with Crippen molar-refractivity contribution in [3.63, 3.8) is 0 Å². The molecular weight excluding hydrogens is 287 g/mol. The fourth-order valence-electron chi connectivity index (χ4n) is 1.76. The molecule has 1 heterocycles. The highest BCUT2D eigenvalue weighted by Crippen LogP contribution is 2.28. The Kier molecular flexibility index (Phi) is 4.23. The predicted molar refractivity (Wildman–Crippen MR) is 74.2 cm³/mol. The second-order valence-corrected chi connectivity index (χ2v) is 5.71. The van der Waals surface area contributed by atoms with Gasteiger partial charge in [-0.05, 0) is 50.2 Å². The van der Waals surface area contributed by atoms with Crippen LogP contribution in [0.25, 0.3) is 0 Å². The summed E-state index contributed by atoms with van der Waals surface area (Å²) in [5.74, 6) is -0.220. The lowest BCUT2D eigenvalue weighted by atomic mass is 10.2. The second-order valence-electron chi connectivity index (χ2n) is 4.39. The van der Waals surface area contributed by atoms with Gasteiger partial charge in [0, 0.05) is 15.4 Å². The smallest absolute Gasteiger partial charge is 0.406 e. The van der Waals surface area contributed by atoms with Crippen LogP contribution in [0.2, 0.25) is 0 Å². The van der Waals surface area contributed by atoms with Gasteiger partial charge in [0.2, 0.25) is 0 Å². The molecule has 0 bridgehead atoms. The van der Waals surface area contributed by atoms with Crippen molar-refractivity contribution in [1.82, 2.24) is 0 Å². The molecule has 0 amide bonds. The van der Waals surface area contributed by atoms with E-state index in [-0.39, 0.29) is 11.8 Å². The minimum Gasteiger partial charge on any atom is -0.406 e. The molecule has 1 aromatic carbocycles. The van der Waals surface area contributed by atoms with Gasteiger partial charge in [-0.1, -0.05) is 0 Å². The van der Waals surface area contributed by atoms with Gasteiger partial charge in [0.25, 0.3) is 0 Å². The van der Waals surface area contributed by atoms with Crippen LogP contribution in [0.3, 0.4) is 0 Å². The highest BCUT2D eigenvalue weighted by atomic mass is 32.1. The molecule has 2 rings (SSSR count). The van der Waals surface area contributed by atoms with Crippen LogP contribution < -0.4 is 10.1 Å². The summed E-state index contributed by atoms with van der Waals surface area (Å²) < 4.78 is 39.9. The molecule has 0 saturated carbocycles. The van der Waals surface area contributed by atoms with Crippen molar-refractivity contribution >= 4 is 17.0 Å². The molecule has 20 heavy (non-hydrogen) atoms. The van der Waals surface area contributed by atoms with Crippen molar-refractivity contribution in [3.05, 3.63) is 46.2 Å². The number of rotatable bonds is 4. The van der Waals surface area contributed by atoms with Gasteiger partial charge in [0.15, 0.2) is 0 Å². The number of ether oxygens (including phenoxy) is 1. The van der Waals surface area contributed by atoms with Crippen LogP contribution in [-0.2, 0) is 0 Å². The normalized spacial score (nSPS) is 13.1. The predicted octanol–water partition coefficient (Wildman–Crippen LogP) is 5.13. The number of anilines is 1. The molecule has 0 aliphatic rings. The van der Waals surface area contributed by atoms with E-state index in [2.05, 4.69) is 10.1 Å². The van der Waals surface area contributed by atoms with Crippen molar-refractivity contribution in [3.8, 4) is 5.75 Å².